The molecule has 0 aliphatic carbocycles. The van der Waals surface area contributed by atoms with E-state index in [1.165, 1.54) is 9.80 Å². The van der Waals surface area contributed by atoms with Crippen LogP contribution in [0.3, 0.4) is 0 Å². The van der Waals surface area contributed by atoms with Gasteiger partial charge in [-0.15, -0.1) is 0 Å². The standard InChI is InChI=1S/C22H19N3O2S/c1-3-24-20(26)19(21(28)25(4-2)22(24)27)18(16-8-6-5-7-9-16)17-12-10-15(14-23)11-13-17/h5-13H,3-4H2,1-2H3. The lowest BCUT2D eigenvalue weighted by Crippen LogP contribution is -2.55. The molecule has 0 unspecified atom stereocenters. The third kappa shape index (κ3) is 3.32. The third-order valence-corrected chi connectivity index (χ3v) is 5.05. The maximum Gasteiger partial charge on any atom is 0.332 e. The van der Waals surface area contributed by atoms with Crippen molar-refractivity contribution in [1.29, 1.82) is 5.26 Å². The van der Waals surface area contributed by atoms with Crippen LogP contribution >= 0.6 is 12.2 Å². The molecule has 3 amide bonds. The van der Waals surface area contributed by atoms with E-state index in [0.717, 1.165) is 11.1 Å². The molecule has 0 N–H and O–H groups in total. The van der Waals surface area contributed by atoms with Crippen molar-refractivity contribution in [3.8, 4) is 6.07 Å². The molecule has 1 heterocycles. The number of hydrogen-bond donors (Lipinski definition) is 0. The number of amides is 3. The number of nitrogens with zero attached hydrogens (tertiary/aromatic N) is 3. The summed E-state index contributed by atoms with van der Waals surface area (Å²) in [6.07, 6.45) is 0. The zero-order valence-corrected chi connectivity index (χ0v) is 16.5. The highest BCUT2D eigenvalue weighted by atomic mass is 32.1. The van der Waals surface area contributed by atoms with Crippen molar-refractivity contribution in [3.05, 3.63) is 76.9 Å². The number of benzene rings is 2. The van der Waals surface area contributed by atoms with Crippen LogP contribution in [-0.4, -0.2) is 39.8 Å². The summed E-state index contributed by atoms with van der Waals surface area (Å²) in [5.74, 6) is -0.398. The Hall–Kier alpha value is -3.30. The van der Waals surface area contributed by atoms with Crippen LogP contribution in [0.25, 0.3) is 5.57 Å². The number of carbonyl (C=O) groups is 2. The predicted molar refractivity (Wildman–Crippen MR) is 111 cm³/mol. The van der Waals surface area contributed by atoms with Crippen molar-refractivity contribution >= 4 is 34.7 Å². The van der Waals surface area contributed by atoms with E-state index in [0.29, 0.717) is 23.3 Å². The Bertz CT molecular complexity index is 976. The van der Waals surface area contributed by atoms with Gasteiger partial charge in [-0.3, -0.25) is 14.6 Å². The van der Waals surface area contributed by atoms with E-state index in [9.17, 15) is 9.59 Å². The summed E-state index contributed by atoms with van der Waals surface area (Å²) in [6, 6.07) is 18.2. The Kier molecular flexibility index (Phi) is 5.67. The summed E-state index contributed by atoms with van der Waals surface area (Å²) in [4.78, 5) is 28.7. The summed E-state index contributed by atoms with van der Waals surface area (Å²) in [5, 5.41) is 9.09. The Balaban J connectivity index is 2.31. The second-order valence-electron chi connectivity index (χ2n) is 6.19. The lowest BCUT2D eigenvalue weighted by molar-refractivity contribution is -0.124. The molecule has 140 valence electrons. The summed E-state index contributed by atoms with van der Waals surface area (Å²) < 4.78 is 0. The van der Waals surface area contributed by atoms with Crippen LogP contribution in [0, 0.1) is 11.3 Å². The first kappa shape index (κ1) is 19.5. The van der Waals surface area contributed by atoms with Crippen molar-refractivity contribution in [3.63, 3.8) is 0 Å². The van der Waals surface area contributed by atoms with E-state index < -0.39 is 11.9 Å². The minimum Gasteiger partial charge on any atom is -0.284 e. The highest BCUT2D eigenvalue weighted by Gasteiger charge is 2.40. The van der Waals surface area contributed by atoms with Gasteiger partial charge in [0.05, 0.1) is 17.2 Å². The van der Waals surface area contributed by atoms with Gasteiger partial charge in [-0.1, -0.05) is 54.7 Å². The van der Waals surface area contributed by atoms with Gasteiger partial charge in [-0.25, -0.2) is 4.79 Å². The van der Waals surface area contributed by atoms with E-state index in [2.05, 4.69) is 6.07 Å². The number of carbonyl (C=O) groups excluding carboxylic acids is 2. The Labute approximate surface area is 169 Å². The Morgan fingerprint density at radius 3 is 2.04 bits per heavy atom. The minimum atomic E-state index is -0.398. The number of imide groups is 1. The van der Waals surface area contributed by atoms with Gasteiger partial charge in [0.2, 0.25) is 0 Å². The van der Waals surface area contributed by atoms with E-state index in [4.69, 9.17) is 17.5 Å². The molecule has 3 rings (SSSR count). The van der Waals surface area contributed by atoms with Gasteiger partial charge in [0.1, 0.15) is 4.99 Å². The third-order valence-electron chi connectivity index (χ3n) is 4.63. The van der Waals surface area contributed by atoms with Crippen molar-refractivity contribution < 1.29 is 9.59 Å². The molecule has 1 fully saturated rings. The Morgan fingerprint density at radius 1 is 0.929 bits per heavy atom. The van der Waals surface area contributed by atoms with E-state index in [1.54, 1.807) is 31.2 Å². The van der Waals surface area contributed by atoms with Gasteiger partial charge in [0.15, 0.2) is 0 Å². The van der Waals surface area contributed by atoms with E-state index >= 15 is 0 Å². The second kappa shape index (κ2) is 8.15. The largest absolute Gasteiger partial charge is 0.332 e. The first-order valence-electron chi connectivity index (χ1n) is 9.01. The average molecular weight is 389 g/mol. The lowest BCUT2D eigenvalue weighted by Gasteiger charge is -2.36. The number of thiocarbonyl (C=S) groups is 1. The number of hydrogen-bond acceptors (Lipinski definition) is 4. The molecule has 1 saturated heterocycles. The molecule has 6 heteroatoms. The summed E-state index contributed by atoms with van der Waals surface area (Å²) in [5.41, 5.74) is 3.09. The van der Waals surface area contributed by atoms with Crippen LogP contribution in [0.2, 0.25) is 0 Å². The fraction of sp³-hybridized carbons (Fsp3) is 0.182. The molecule has 0 atom stereocenters. The number of likely N-dealkylation sites (N-methyl/N-ethyl adjacent to an activating group) is 2. The quantitative estimate of drug-likeness (QED) is 0.586. The molecule has 2 aromatic carbocycles. The number of urea groups is 1. The molecule has 1 aliphatic heterocycles. The van der Waals surface area contributed by atoms with Crippen LogP contribution in [-0.2, 0) is 4.79 Å². The molecule has 0 bridgehead atoms. The molecule has 0 spiro atoms. The predicted octanol–water partition coefficient (Wildman–Crippen LogP) is 3.99. The maximum atomic E-state index is 13.2. The average Bonchev–Trinajstić information content (AvgIpc) is 2.72. The first-order valence-corrected chi connectivity index (χ1v) is 9.42. The smallest absolute Gasteiger partial charge is 0.284 e. The van der Waals surface area contributed by atoms with Crippen LogP contribution in [0.4, 0.5) is 4.79 Å². The molecule has 5 nitrogen and oxygen atoms in total. The number of nitriles is 1. The summed E-state index contributed by atoms with van der Waals surface area (Å²) in [7, 11) is 0. The van der Waals surface area contributed by atoms with Crippen molar-refractivity contribution in [2.24, 2.45) is 0 Å². The summed E-state index contributed by atoms with van der Waals surface area (Å²) in [6.45, 7) is 4.23. The topological polar surface area (TPSA) is 64.4 Å². The molecule has 28 heavy (non-hydrogen) atoms. The second-order valence-corrected chi connectivity index (χ2v) is 6.57. The van der Waals surface area contributed by atoms with Gasteiger partial charge < -0.3 is 0 Å². The monoisotopic (exact) mass is 389 g/mol. The minimum absolute atomic E-state index is 0.227. The van der Waals surface area contributed by atoms with Gasteiger partial charge in [0, 0.05) is 18.7 Å². The molecule has 2 aromatic rings. The SMILES string of the molecule is CCN1C(=O)C(=C(c2ccccc2)c2ccc(C#N)cc2)C(=S)N(CC)C1=O. The fourth-order valence-corrected chi connectivity index (χ4v) is 3.62. The molecular formula is C22H19N3O2S. The van der Waals surface area contributed by atoms with Gasteiger partial charge in [-0.05, 0) is 37.1 Å². The molecule has 0 radical (unpaired) electrons. The maximum absolute atomic E-state index is 13.2. The molecule has 1 aliphatic rings. The fourth-order valence-electron chi connectivity index (χ4n) is 3.22. The van der Waals surface area contributed by atoms with Crippen LogP contribution in [0.5, 0.6) is 0 Å². The van der Waals surface area contributed by atoms with Crippen LogP contribution in [0.15, 0.2) is 60.2 Å². The summed E-state index contributed by atoms with van der Waals surface area (Å²) >= 11 is 5.57. The van der Waals surface area contributed by atoms with Crippen LogP contribution < -0.4 is 0 Å². The Morgan fingerprint density at radius 2 is 1.50 bits per heavy atom. The van der Waals surface area contributed by atoms with Gasteiger partial charge >= 0.3 is 6.03 Å². The highest BCUT2D eigenvalue weighted by Crippen LogP contribution is 2.32. The normalized spacial score (nSPS) is 16.2. The van der Waals surface area contributed by atoms with E-state index in [1.807, 2.05) is 37.3 Å². The molecule has 0 saturated carbocycles. The zero-order valence-electron chi connectivity index (χ0n) is 15.7. The van der Waals surface area contributed by atoms with Crippen LogP contribution in [0.1, 0.15) is 30.5 Å². The van der Waals surface area contributed by atoms with Gasteiger partial charge in [-0.2, -0.15) is 5.26 Å². The first-order chi connectivity index (χ1) is 13.5. The molecule has 0 aromatic heterocycles. The van der Waals surface area contributed by atoms with Crippen molar-refractivity contribution in [1.82, 2.24) is 9.80 Å². The van der Waals surface area contributed by atoms with Crippen molar-refractivity contribution in [2.45, 2.75) is 13.8 Å². The zero-order chi connectivity index (χ0) is 20.3. The highest BCUT2D eigenvalue weighted by molar-refractivity contribution is 7.81. The molecular weight excluding hydrogens is 370 g/mol. The van der Waals surface area contributed by atoms with E-state index in [-0.39, 0.29) is 11.5 Å². The van der Waals surface area contributed by atoms with Gasteiger partial charge in [0.25, 0.3) is 5.91 Å². The van der Waals surface area contributed by atoms with Crippen molar-refractivity contribution in [2.75, 3.05) is 13.1 Å². The number of rotatable bonds is 4. The lowest BCUT2D eigenvalue weighted by atomic mass is 9.90.